The number of hydrogen-bond acceptors (Lipinski definition) is 3. The molecule has 2 heterocycles. The van der Waals surface area contributed by atoms with Gasteiger partial charge in [-0.15, -0.1) is 0 Å². The lowest BCUT2D eigenvalue weighted by atomic mass is 10.2. The Morgan fingerprint density at radius 3 is 2.70 bits per heavy atom. The third-order valence-corrected chi connectivity index (χ3v) is 3.57. The van der Waals surface area contributed by atoms with Gasteiger partial charge in [-0.05, 0) is 50.1 Å². The van der Waals surface area contributed by atoms with Gasteiger partial charge < -0.3 is 14.7 Å². The third-order valence-electron chi connectivity index (χ3n) is 3.57. The maximum Gasteiger partial charge on any atom is 0.177 e. The number of rotatable bonds is 3. The highest BCUT2D eigenvalue weighted by atomic mass is 16.3. The van der Waals surface area contributed by atoms with Crippen LogP contribution in [-0.4, -0.2) is 9.55 Å². The Hall–Kier alpha value is -2.07. The summed E-state index contributed by atoms with van der Waals surface area (Å²) in [5, 5.41) is 0. The summed E-state index contributed by atoms with van der Waals surface area (Å²) in [5.41, 5.74) is 9.98. The smallest absolute Gasteiger partial charge is 0.177 e. The van der Waals surface area contributed by atoms with Gasteiger partial charge in [0.25, 0.3) is 0 Å². The van der Waals surface area contributed by atoms with Gasteiger partial charge in [-0.25, -0.2) is 4.98 Å². The van der Waals surface area contributed by atoms with Crippen molar-refractivity contribution < 1.29 is 4.42 Å². The van der Waals surface area contributed by atoms with Crippen LogP contribution in [0.5, 0.6) is 0 Å². The van der Waals surface area contributed by atoms with E-state index in [2.05, 4.69) is 36.6 Å². The zero-order chi connectivity index (χ0) is 14.3. The maximum atomic E-state index is 5.71. The van der Waals surface area contributed by atoms with Crippen LogP contribution in [-0.2, 0) is 6.54 Å². The zero-order valence-corrected chi connectivity index (χ0v) is 12.1. The topological polar surface area (TPSA) is 57.0 Å². The molecule has 0 aliphatic carbocycles. The van der Waals surface area contributed by atoms with E-state index in [1.54, 1.807) is 6.26 Å². The number of furan rings is 1. The van der Waals surface area contributed by atoms with Crippen LogP contribution in [0, 0.1) is 6.92 Å². The molecule has 0 aliphatic rings. The summed E-state index contributed by atoms with van der Waals surface area (Å²) in [6, 6.07) is 8.47. The number of imidazole rings is 1. The molecule has 1 aromatic carbocycles. The van der Waals surface area contributed by atoms with Gasteiger partial charge in [0, 0.05) is 12.6 Å². The van der Waals surface area contributed by atoms with E-state index in [4.69, 9.17) is 15.1 Å². The molecule has 3 rings (SSSR count). The quantitative estimate of drug-likeness (QED) is 0.789. The van der Waals surface area contributed by atoms with Crippen molar-refractivity contribution in [3.63, 3.8) is 0 Å². The average Bonchev–Trinajstić information content (AvgIpc) is 3.00. The molecule has 0 bridgehead atoms. The SMILES string of the molecule is Cc1ccoc1-c1nc2cc(CN)ccc2n1C(C)C. The van der Waals surface area contributed by atoms with Crippen LogP contribution in [0.2, 0.25) is 0 Å². The molecule has 0 radical (unpaired) electrons. The molecule has 0 saturated carbocycles. The lowest BCUT2D eigenvalue weighted by Crippen LogP contribution is -2.03. The molecule has 0 amide bonds. The molecule has 4 nitrogen and oxygen atoms in total. The largest absolute Gasteiger partial charge is 0.461 e. The molecule has 0 unspecified atom stereocenters. The zero-order valence-electron chi connectivity index (χ0n) is 12.1. The third kappa shape index (κ3) is 1.93. The van der Waals surface area contributed by atoms with Crippen molar-refractivity contribution >= 4 is 11.0 Å². The van der Waals surface area contributed by atoms with Gasteiger partial charge in [0.1, 0.15) is 0 Å². The summed E-state index contributed by atoms with van der Waals surface area (Å²) < 4.78 is 7.83. The molecular weight excluding hydrogens is 250 g/mol. The Morgan fingerprint density at radius 1 is 1.30 bits per heavy atom. The van der Waals surface area contributed by atoms with Gasteiger partial charge in [-0.1, -0.05) is 6.07 Å². The van der Waals surface area contributed by atoms with Gasteiger partial charge in [-0.3, -0.25) is 0 Å². The Kier molecular flexibility index (Phi) is 3.10. The summed E-state index contributed by atoms with van der Waals surface area (Å²) in [6.45, 7) is 6.87. The summed E-state index contributed by atoms with van der Waals surface area (Å²) in [7, 11) is 0. The van der Waals surface area contributed by atoms with E-state index in [1.165, 1.54) is 0 Å². The Balaban J connectivity index is 2.31. The number of fused-ring (bicyclic) bond motifs is 1. The van der Waals surface area contributed by atoms with E-state index >= 15 is 0 Å². The number of aryl methyl sites for hydroxylation is 1. The first-order valence-corrected chi connectivity index (χ1v) is 6.87. The van der Waals surface area contributed by atoms with Gasteiger partial charge >= 0.3 is 0 Å². The molecular formula is C16H19N3O. The molecule has 104 valence electrons. The highest BCUT2D eigenvalue weighted by molar-refractivity contribution is 5.81. The first-order chi connectivity index (χ1) is 9.61. The van der Waals surface area contributed by atoms with E-state index in [0.717, 1.165) is 33.7 Å². The molecule has 4 heteroatoms. The van der Waals surface area contributed by atoms with Crippen LogP contribution in [0.25, 0.3) is 22.6 Å². The molecule has 0 saturated heterocycles. The lowest BCUT2D eigenvalue weighted by Gasteiger charge is -2.12. The second-order valence-electron chi connectivity index (χ2n) is 5.36. The van der Waals surface area contributed by atoms with Crippen molar-refractivity contribution in [2.45, 2.75) is 33.4 Å². The molecule has 0 fully saturated rings. The number of aromatic nitrogens is 2. The number of benzene rings is 1. The van der Waals surface area contributed by atoms with Crippen molar-refractivity contribution in [1.82, 2.24) is 9.55 Å². The standard InChI is InChI=1S/C16H19N3O/c1-10(2)19-14-5-4-12(9-17)8-13(14)18-16(19)15-11(3)6-7-20-15/h4-8,10H,9,17H2,1-3H3. The van der Waals surface area contributed by atoms with Crippen molar-refractivity contribution in [3.8, 4) is 11.6 Å². The number of hydrogen-bond donors (Lipinski definition) is 1. The Labute approximate surface area is 118 Å². The molecule has 3 aromatic rings. The first-order valence-electron chi connectivity index (χ1n) is 6.87. The number of nitrogens with zero attached hydrogens (tertiary/aromatic N) is 2. The minimum Gasteiger partial charge on any atom is -0.461 e. The minimum atomic E-state index is 0.309. The molecule has 0 aliphatic heterocycles. The van der Waals surface area contributed by atoms with E-state index in [0.29, 0.717) is 12.6 Å². The van der Waals surface area contributed by atoms with E-state index in [1.807, 2.05) is 13.0 Å². The monoisotopic (exact) mass is 269 g/mol. The fraction of sp³-hybridized carbons (Fsp3) is 0.312. The highest BCUT2D eigenvalue weighted by Gasteiger charge is 2.18. The fourth-order valence-corrected chi connectivity index (χ4v) is 2.56. The Morgan fingerprint density at radius 2 is 2.10 bits per heavy atom. The lowest BCUT2D eigenvalue weighted by molar-refractivity contribution is 0.555. The predicted molar refractivity (Wildman–Crippen MR) is 80.4 cm³/mol. The van der Waals surface area contributed by atoms with E-state index in [-0.39, 0.29) is 0 Å². The predicted octanol–water partition coefficient (Wildman–Crippen LogP) is 3.64. The summed E-state index contributed by atoms with van der Waals surface area (Å²) in [6.07, 6.45) is 1.71. The molecule has 0 spiro atoms. The maximum absolute atomic E-state index is 5.71. The minimum absolute atomic E-state index is 0.309. The van der Waals surface area contributed by atoms with E-state index in [9.17, 15) is 0 Å². The second-order valence-corrected chi connectivity index (χ2v) is 5.36. The first kappa shape index (κ1) is 12.9. The van der Waals surface area contributed by atoms with Crippen LogP contribution in [0.3, 0.4) is 0 Å². The normalized spacial score (nSPS) is 11.7. The van der Waals surface area contributed by atoms with Gasteiger partial charge in [-0.2, -0.15) is 0 Å². The Bertz CT molecular complexity index is 752. The van der Waals surface area contributed by atoms with Crippen molar-refractivity contribution in [1.29, 1.82) is 0 Å². The van der Waals surface area contributed by atoms with Gasteiger partial charge in [0.05, 0.1) is 17.3 Å². The highest BCUT2D eigenvalue weighted by Crippen LogP contribution is 2.31. The van der Waals surface area contributed by atoms with Crippen LogP contribution in [0.4, 0.5) is 0 Å². The fourth-order valence-electron chi connectivity index (χ4n) is 2.56. The number of nitrogens with two attached hydrogens (primary N) is 1. The summed E-state index contributed by atoms with van der Waals surface area (Å²) in [4.78, 5) is 4.76. The van der Waals surface area contributed by atoms with Crippen LogP contribution in [0.1, 0.15) is 31.0 Å². The van der Waals surface area contributed by atoms with Gasteiger partial charge in [0.2, 0.25) is 0 Å². The molecule has 2 N–H and O–H groups in total. The van der Waals surface area contributed by atoms with Crippen LogP contribution < -0.4 is 5.73 Å². The van der Waals surface area contributed by atoms with Gasteiger partial charge in [0.15, 0.2) is 11.6 Å². The molecule has 20 heavy (non-hydrogen) atoms. The summed E-state index contributed by atoms with van der Waals surface area (Å²) in [5.74, 6) is 1.72. The second kappa shape index (κ2) is 4.80. The molecule has 2 aromatic heterocycles. The van der Waals surface area contributed by atoms with Crippen molar-refractivity contribution in [3.05, 3.63) is 41.7 Å². The van der Waals surface area contributed by atoms with Crippen LogP contribution >= 0.6 is 0 Å². The summed E-state index contributed by atoms with van der Waals surface area (Å²) >= 11 is 0. The van der Waals surface area contributed by atoms with Crippen LogP contribution in [0.15, 0.2) is 34.9 Å². The molecule has 0 atom stereocenters. The average molecular weight is 269 g/mol. The van der Waals surface area contributed by atoms with Crippen molar-refractivity contribution in [2.75, 3.05) is 0 Å². The van der Waals surface area contributed by atoms with E-state index < -0.39 is 0 Å². The van der Waals surface area contributed by atoms with Crippen molar-refractivity contribution in [2.24, 2.45) is 5.73 Å².